The molecule has 1 aromatic carbocycles. The van der Waals surface area contributed by atoms with Gasteiger partial charge in [0.1, 0.15) is 17.4 Å². The molecule has 2 N–H and O–H groups in total. The van der Waals surface area contributed by atoms with E-state index in [1.165, 1.54) is 5.56 Å². The predicted molar refractivity (Wildman–Crippen MR) is 79.1 cm³/mol. The van der Waals surface area contributed by atoms with Crippen molar-refractivity contribution in [1.29, 1.82) is 0 Å². The first-order chi connectivity index (χ1) is 9.54. The Hall–Kier alpha value is -2.10. The van der Waals surface area contributed by atoms with Gasteiger partial charge >= 0.3 is 0 Å². The summed E-state index contributed by atoms with van der Waals surface area (Å²) in [6, 6.07) is 5.85. The van der Waals surface area contributed by atoms with Crippen molar-refractivity contribution < 1.29 is 4.74 Å². The first-order valence-electron chi connectivity index (χ1n) is 6.93. The average molecular weight is 269 g/mol. The molecule has 0 unspecified atom stereocenters. The van der Waals surface area contributed by atoms with Crippen molar-refractivity contribution in [1.82, 2.24) is 9.97 Å². The second-order valence-corrected chi connectivity index (χ2v) is 5.52. The molecule has 104 valence electrons. The third-order valence-corrected chi connectivity index (χ3v) is 3.76. The summed E-state index contributed by atoms with van der Waals surface area (Å²) < 4.78 is 5.99. The monoisotopic (exact) mass is 269 g/mol. The minimum absolute atomic E-state index is 0.459. The number of hydrogen-bond acceptors (Lipinski definition) is 4. The highest BCUT2D eigenvalue weighted by atomic mass is 16.5. The van der Waals surface area contributed by atoms with E-state index in [1.807, 2.05) is 6.92 Å². The predicted octanol–water partition coefficient (Wildman–Crippen LogP) is 3.65. The van der Waals surface area contributed by atoms with Crippen LogP contribution in [0, 0.1) is 20.8 Å². The Morgan fingerprint density at radius 1 is 1.10 bits per heavy atom. The zero-order valence-electron chi connectivity index (χ0n) is 12.1. The number of nitrogens with two attached hydrogens (primary N) is 1. The van der Waals surface area contributed by atoms with E-state index >= 15 is 0 Å². The van der Waals surface area contributed by atoms with Crippen LogP contribution in [0.5, 0.6) is 11.6 Å². The lowest BCUT2D eigenvalue weighted by Gasteiger charge is -2.13. The zero-order valence-corrected chi connectivity index (χ0v) is 12.1. The molecule has 1 fully saturated rings. The van der Waals surface area contributed by atoms with Crippen molar-refractivity contribution in [3.8, 4) is 11.6 Å². The number of ether oxygens (including phenoxy) is 1. The summed E-state index contributed by atoms with van der Waals surface area (Å²) in [5.74, 6) is 3.14. The third kappa shape index (κ3) is 2.46. The maximum absolute atomic E-state index is 5.99. The Morgan fingerprint density at radius 3 is 2.50 bits per heavy atom. The molecule has 0 aliphatic heterocycles. The molecule has 0 spiro atoms. The van der Waals surface area contributed by atoms with Gasteiger partial charge in [-0.1, -0.05) is 12.1 Å². The first kappa shape index (κ1) is 12.9. The van der Waals surface area contributed by atoms with Gasteiger partial charge in [-0.05, 0) is 50.3 Å². The van der Waals surface area contributed by atoms with Crippen LogP contribution in [-0.2, 0) is 0 Å². The van der Waals surface area contributed by atoms with E-state index in [4.69, 9.17) is 10.5 Å². The quantitative estimate of drug-likeness (QED) is 0.923. The van der Waals surface area contributed by atoms with Crippen LogP contribution in [0.15, 0.2) is 18.2 Å². The molecular formula is C16H19N3O. The van der Waals surface area contributed by atoms with Crippen LogP contribution in [0.25, 0.3) is 0 Å². The number of nitrogen functional groups attached to an aromatic ring is 1. The fraction of sp³-hybridized carbons (Fsp3) is 0.375. The fourth-order valence-electron chi connectivity index (χ4n) is 2.22. The molecule has 0 radical (unpaired) electrons. The summed E-state index contributed by atoms with van der Waals surface area (Å²) in [4.78, 5) is 8.78. The number of hydrogen-bond donors (Lipinski definition) is 1. The van der Waals surface area contributed by atoms with E-state index in [0.717, 1.165) is 35.5 Å². The number of nitrogens with zero attached hydrogens (tertiary/aromatic N) is 2. The van der Waals surface area contributed by atoms with Gasteiger partial charge in [-0.15, -0.1) is 0 Å². The Kier molecular flexibility index (Phi) is 3.08. The second-order valence-electron chi connectivity index (χ2n) is 5.52. The molecule has 0 saturated heterocycles. The van der Waals surface area contributed by atoms with Crippen LogP contribution in [0.3, 0.4) is 0 Å². The lowest BCUT2D eigenvalue weighted by Crippen LogP contribution is -2.02. The number of rotatable bonds is 3. The third-order valence-electron chi connectivity index (χ3n) is 3.76. The molecule has 2 aromatic rings. The van der Waals surface area contributed by atoms with Crippen molar-refractivity contribution in [3.63, 3.8) is 0 Å². The van der Waals surface area contributed by atoms with Crippen molar-refractivity contribution in [2.75, 3.05) is 5.73 Å². The Labute approximate surface area is 119 Å². The van der Waals surface area contributed by atoms with Crippen molar-refractivity contribution in [3.05, 3.63) is 40.7 Å². The topological polar surface area (TPSA) is 61.0 Å². The SMILES string of the molecule is Cc1ccc(C)c(Oc2cc(N)nc(C3CC3)n2)c1C. The maximum atomic E-state index is 5.99. The molecule has 4 heteroatoms. The zero-order chi connectivity index (χ0) is 14.3. The molecule has 3 rings (SSSR count). The van der Waals surface area contributed by atoms with Crippen LogP contribution in [0.2, 0.25) is 0 Å². The summed E-state index contributed by atoms with van der Waals surface area (Å²) in [7, 11) is 0. The second kappa shape index (κ2) is 4.78. The number of aryl methyl sites for hydroxylation is 2. The molecule has 1 heterocycles. The minimum Gasteiger partial charge on any atom is -0.438 e. The highest BCUT2D eigenvalue weighted by molar-refractivity contribution is 5.47. The highest BCUT2D eigenvalue weighted by Gasteiger charge is 2.27. The van der Waals surface area contributed by atoms with Crippen LogP contribution >= 0.6 is 0 Å². The van der Waals surface area contributed by atoms with Gasteiger partial charge < -0.3 is 10.5 Å². The summed E-state index contributed by atoms with van der Waals surface area (Å²) >= 11 is 0. The summed E-state index contributed by atoms with van der Waals surface area (Å²) in [5.41, 5.74) is 9.29. The fourth-order valence-corrected chi connectivity index (χ4v) is 2.22. The Balaban J connectivity index is 1.97. The van der Waals surface area contributed by atoms with E-state index in [9.17, 15) is 0 Å². The highest BCUT2D eigenvalue weighted by Crippen LogP contribution is 2.39. The molecule has 0 bridgehead atoms. The number of benzene rings is 1. The van der Waals surface area contributed by atoms with Gasteiger partial charge in [0.05, 0.1) is 0 Å². The summed E-state index contributed by atoms with van der Waals surface area (Å²) in [6.45, 7) is 6.17. The van der Waals surface area contributed by atoms with Gasteiger partial charge in [0, 0.05) is 12.0 Å². The van der Waals surface area contributed by atoms with Gasteiger partial charge in [0.25, 0.3) is 0 Å². The van der Waals surface area contributed by atoms with E-state index in [0.29, 0.717) is 17.6 Å². The first-order valence-corrected chi connectivity index (χ1v) is 6.93. The van der Waals surface area contributed by atoms with E-state index < -0.39 is 0 Å². The van der Waals surface area contributed by atoms with Gasteiger partial charge in [0.2, 0.25) is 5.88 Å². The lowest BCUT2D eigenvalue weighted by atomic mass is 10.1. The number of anilines is 1. The molecule has 1 aliphatic rings. The standard InChI is InChI=1S/C16H19N3O/c1-9-4-5-10(2)15(11(9)3)20-14-8-13(17)18-16(19-14)12-6-7-12/h4-5,8,12H,6-7H2,1-3H3,(H2,17,18,19). The van der Waals surface area contributed by atoms with Gasteiger partial charge in [0.15, 0.2) is 0 Å². The Morgan fingerprint density at radius 2 is 1.80 bits per heavy atom. The van der Waals surface area contributed by atoms with Gasteiger partial charge in [-0.3, -0.25) is 0 Å². The molecule has 0 amide bonds. The molecule has 20 heavy (non-hydrogen) atoms. The summed E-state index contributed by atoms with van der Waals surface area (Å²) in [5, 5.41) is 0. The van der Waals surface area contributed by atoms with Gasteiger partial charge in [-0.25, -0.2) is 4.98 Å². The average Bonchev–Trinajstić information content (AvgIpc) is 3.23. The normalized spacial score (nSPS) is 14.3. The van der Waals surface area contributed by atoms with Crippen LogP contribution in [0.4, 0.5) is 5.82 Å². The lowest BCUT2D eigenvalue weighted by molar-refractivity contribution is 0.452. The summed E-state index contributed by atoms with van der Waals surface area (Å²) in [6.07, 6.45) is 2.29. The van der Waals surface area contributed by atoms with Crippen molar-refractivity contribution in [2.24, 2.45) is 0 Å². The molecule has 1 aliphatic carbocycles. The van der Waals surface area contributed by atoms with Gasteiger partial charge in [-0.2, -0.15) is 4.98 Å². The van der Waals surface area contributed by atoms with Crippen LogP contribution in [0.1, 0.15) is 41.3 Å². The Bertz CT molecular complexity index is 663. The van der Waals surface area contributed by atoms with E-state index in [2.05, 4.69) is 35.9 Å². The van der Waals surface area contributed by atoms with Crippen molar-refractivity contribution >= 4 is 5.82 Å². The number of aromatic nitrogens is 2. The molecule has 1 aromatic heterocycles. The molecular weight excluding hydrogens is 250 g/mol. The smallest absolute Gasteiger partial charge is 0.224 e. The van der Waals surface area contributed by atoms with Crippen LogP contribution < -0.4 is 10.5 Å². The van der Waals surface area contributed by atoms with Crippen LogP contribution in [-0.4, -0.2) is 9.97 Å². The van der Waals surface area contributed by atoms with Crippen molar-refractivity contribution in [2.45, 2.75) is 39.5 Å². The minimum atomic E-state index is 0.459. The molecule has 4 nitrogen and oxygen atoms in total. The van der Waals surface area contributed by atoms with E-state index in [-0.39, 0.29) is 0 Å². The largest absolute Gasteiger partial charge is 0.438 e. The van der Waals surface area contributed by atoms with E-state index in [1.54, 1.807) is 6.07 Å². The molecule has 0 atom stereocenters. The molecule has 1 saturated carbocycles. The maximum Gasteiger partial charge on any atom is 0.224 e.